The van der Waals surface area contributed by atoms with Crippen LogP contribution in [0, 0.1) is 5.82 Å². The lowest BCUT2D eigenvalue weighted by molar-refractivity contribution is 0.203. The van der Waals surface area contributed by atoms with Gasteiger partial charge in [-0.05, 0) is 24.3 Å². The zero-order valence-corrected chi connectivity index (χ0v) is 11.8. The van der Waals surface area contributed by atoms with Crippen molar-refractivity contribution < 1.29 is 9.50 Å². The molecule has 0 saturated carbocycles. The second-order valence-electron chi connectivity index (χ2n) is 3.72. The van der Waals surface area contributed by atoms with Crippen LogP contribution in [0.3, 0.4) is 0 Å². The van der Waals surface area contributed by atoms with Crippen LogP contribution in [0.25, 0.3) is 0 Å². The van der Waals surface area contributed by atoms with Gasteiger partial charge in [-0.3, -0.25) is 4.98 Å². The highest BCUT2D eigenvalue weighted by Gasteiger charge is 2.09. The number of pyridine rings is 1. The summed E-state index contributed by atoms with van der Waals surface area (Å²) in [4.78, 5) is 4.77. The van der Waals surface area contributed by atoms with Gasteiger partial charge in [0, 0.05) is 26.9 Å². The Morgan fingerprint density at radius 1 is 1.33 bits per heavy atom. The molecule has 18 heavy (non-hydrogen) atoms. The van der Waals surface area contributed by atoms with Crippen LogP contribution in [0.4, 0.5) is 4.39 Å². The Labute approximate surface area is 117 Å². The molecule has 94 valence electrons. The number of thioether (sulfide) groups is 1. The summed E-state index contributed by atoms with van der Waals surface area (Å²) in [5.41, 5.74) is 0.498. The SMILES string of the molecule is OC(CSc1cccc(Br)c1)c1cncc(F)c1. The van der Waals surface area contributed by atoms with Crippen LogP contribution in [0.2, 0.25) is 0 Å². The molecule has 1 aromatic heterocycles. The van der Waals surface area contributed by atoms with E-state index in [1.54, 1.807) is 0 Å². The molecule has 0 fully saturated rings. The minimum absolute atomic E-state index is 0.431. The average molecular weight is 328 g/mol. The molecule has 1 heterocycles. The molecular formula is C13H11BrFNOS. The second kappa shape index (κ2) is 6.31. The molecular weight excluding hydrogens is 317 g/mol. The fraction of sp³-hybridized carbons (Fsp3) is 0.154. The Kier molecular flexibility index (Phi) is 4.74. The first-order chi connectivity index (χ1) is 8.65. The summed E-state index contributed by atoms with van der Waals surface area (Å²) in [5.74, 6) is 0.0284. The van der Waals surface area contributed by atoms with E-state index in [4.69, 9.17) is 0 Å². The van der Waals surface area contributed by atoms with Crippen LogP contribution in [-0.2, 0) is 0 Å². The molecule has 2 nitrogen and oxygen atoms in total. The van der Waals surface area contributed by atoms with E-state index in [0.29, 0.717) is 11.3 Å². The van der Waals surface area contributed by atoms with Gasteiger partial charge in [0.25, 0.3) is 0 Å². The van der Waals surface area contributed by atoms with Crippen molar-refractivity contribution in [2.75, 3.05) is 5.75 Å². The maximum absolute atomic E-state index is 13.0. The molecule has 0 amide bonds. The Morgan fingerprint density at radius 2 is 2.17 bits per heavy atom. The van der Waals surface area contributed by atoms with Gasteiger partial charge in [0.15, 0.2) is 0 Å². The van der Waals surface area contributed by atoms with Crippen molar-refractivity contribution in [1.82, 2.24) is 4.98 Å². The van der Waals surface area contributed by atoms with E-state index < -0.39 is 11.9 Å². The summed E-state index contributed by atoms with van der Waals surface area (Å²) >= 11 is 4.90. The molecule has 1 aromatic carbocycles. The fourth-order valence-corrected chi connectivity index (χ4v) is 2.92. The predicted octanol–water partition coefficient (Wildman–Crippen LogP) is 3.81. The number of hydrogen-bond donors (Lipinski definition) is 1. The van der Waals surface area contributed by atoms with Gasteiger partial charge < -0.3 is 5.11 Å². The summed E-state index contributed by atoms with van der Waals surface area (Å²) in [6, 6.07) is 9.12. The number of halogens is 2. The number of rotatable bonds is 4. The lowest BCUT2D eigenvalue weighted by Gasteiger charge is -2.10. The molecule has 0 aliphatic heterocycles. The van der Waals surface area contributed by atoms with Crippen molar-refractivity contribution in [3.8, 4) is 0 Å². The second-order valence-corrected chi connectivity index (χ2v) is 5.73. The number of aliphatic hydroxyl groups is 1. The molecule has 0 saturated heterocycles. The first-order valence-corrected chi connectivity index (χ1v) is 7.10. The molecule has 5 heteroatoms. The first-order valence-electron chi connectivity index (χ1n) is 5.32. The van der Waals surface area contributed by atoms with E-state index in [1.807, 2.05) is 24.3 Å². The summed E-state index contributed by atoms with van der Waals surface area (Å²) in [6.07, 6.45) is 1.88. The van der Waals surface area contributed by atoms with Crippen LogP contribution in [0.15, 0.2) is 52.1 Å². The highest BCUT2D eigenvalue weighted by molar-refractivity contribution is 9.10. The van der Waals surface area contributed by atoms with E-state index in [2.05, 4.69) is 20.9 Å². The number of nitrogens with zero attached hydrogens (tertiary/aromatic N) is 1. The Morgan fingerprint density at radius 3 is 2.89 bits per heavy atom. The quantitative estimate of drug-likeness (QED) is 0.867. The van der Waals surface area contributed by atoms with Gasteiger partial charge in [0.05, 0.1) is 12.3 Å². The molecule has 1 unspecified atom stereocenters. The van der Waals surface area contributed by atoms with Crippen molar-refractivity contribution >= 4 is 27.7 Å². The van der Waals surface area contributed by atoms with Crippen molar-refractivity contribution in [2.45, 2.75) is 11.0 Å². The van der Waals surface area contributed by atoms with Gasteiger partial charge in [-0.1, -0.05) is 22.0 Å². The van der Waals surface area contributed by atoms with Crippen LogP contribution in [0.5, 0.6) is 0 Å². The third-order valence-electron chi connectivity index (χ3n) is 2.31. The number of aliphatic hydroxyl groups excluding tert-OH is 1. The maximum atomic E-state index is 13.0. The smallest absolute Gasteiger partial charge is 0.141 e. The number of hydrogen-bond acceptors (Lipinski definition) is 3. The minimum atomic E-state index is -0.725. The summed E-state index contributed by atoms with van der Waals surface area (Å²) in [7, 11) is 0. The van der Waals surface area contributed by atoms with Crippen molar-refractivity contribution in [1.29, 1.82) is 0 Å². The van der Waals surface area contributed by atoms with E-state index in [1.165, 1.54) is 24.0 Å². The van der Waals surface area contributed by atoms with Gasteiger partial charge >= 0.3 is 0 Å². The summed E-state index contributed by atoms with van der Waals surface area (Å²) in [5, 5.41) is 9.94. The predicted molar refractivity (Wildman–Crippen MR) is 74.0 cm³/mol. The Hall–Kier alpha value is -0.910. The molecule has 1 atom stereocenters. The Bertz CT molecular complexity index is 538. The molecule has 1 N–H and O–H groups in total. The van der Waals surface area contributed by atoms with E-state index in [9.17, 15) is 9.50 Å². The standard InChI is InChI=1S/C13H11BrFNOS/c14-10-2-1-3-12(5-10)18-8-13(17)9-4-11(15)7-16-6-9/h1-7,13,17H,8H2. The zero-order valence-electron chi connectivity index (χ0n) is 9.38. The van der Waals surface area contributed by atoms with Gasteiger partial charge in [0.2, 0.25) is 0 Å². The van der Waals surface area contributed by atoms with Crippen LogP contribution >= 0.6 is 27.7 Å². The van der Waals surface area contributed by atoms with Crippen molar-refractivity contribution in [3.63, 3.8) is 0 Å². The zero-order chi connectivity index (χ0) is 13.0. The Balaban J connectivity index is 1.98. The topological polar surface area (TPSA) is 33.1 Å². The average Bonchev–Trinajstić information content (AvgIpc) is 2.36. The third kappa shape index (κ3) is 3.80. The highest BCUT2D eigenvalue weighted by Crippen LogP contribution is 2.26. The molecule has 2 rings (SSSR count). The minimum Gasteiger partial charge on any atom is -0.387 e. The van der Waals surface area contributed by atoms with Crippen LogP contribution in [0.1, 0.15) is 11.7 Å². The normalized spacial score (nSPS) is 12.4. The molecule has 2 aromatic rings. The third-order valence-corrected chi connectivity index (χ3v) is 3.88. The lowest BCUT2D eigenvalue weighted by atomic mass is 10.2. The molecule has 0 aliphatic rings. The largest absolute Gasteiger partial charge is 0.387 e. The molecule has 0 spiro atoms. The fourth-order valence-electron chi connectivity index (χ4n) is 1.44. The monoisotopic (exact) mass is 327 g/mol. The molecule has 0 aliphatic carbocycles. The van der Waals surface area contributed by atoms with Crippen molar-refractivity contribution in [2.24, 2.45) is 0 Å². The van der Waals surface area contributed by atoms with E-state index in [0.717, 1.165) is 15.6 Å². The summed E-state index contributed by atoms with van der Waals surface area (Å²) < 4.78 is 14.0. The molecule has 0 radical (unpaired) electrons. The van der Waals surface area contributed by atoms with Crippen molar-refractivity contribution in [3.05, 3.63) is 58.6 Å². The highest BCUT2D eigenvalue weighted by atomic mass is 79.9. The maximum Gasteiger partial charge on any atom is 0.141 e. The van der Waals surface area contributed by atoms with Gasteiger partial charge in [-0.15, -0.1) is 11.8 Å². The van der Waals surface area contributed by atoms with Gasteiger partial charge in [-0.25, -0.2) is 4.39 Å². The number of benzene rings is 1. The lowest BCUT2D eigenvalue weighted by Crippen LogP contribution is -2.01. The number of aromatic nitrogens is 1. The van der Waals surface area contributed by atoms with Gasteiger partial charge in [0.1, 0.15) is 5.82 Å². The molecule has 0 bridgehead atoms. The van der Waals surface area contributed by atoms with E-state index >= 15 is 0 Å². The van der Waals surface area contributed by atoms with E-state index in [-0.39, 0.29) is 0 Å². The van der Waals surface area contributed by atoms with Crippen LogP contribution < -0.4 is 0 Å². The summed E-state index contributed by atoms with van der Waals surface area (Å²) in [6.45, 7) is 0. The first kappa shape index (κ1) is 13.5. The van der Waals surface area contributed by atoms with Gasteiger partial charge in [-0.2, -0.15) is 0 Å². The van der Waals surface area contributed by atoms with Crippen LogP contribution in [-0.4, -0.2) is 15.8 Å².